The number of carbonyl (C=O) groups is 1. The molecule has 1 aliphatic rings. The summed E-state index contributed by atoms with van der Waals surface area (Å²) in [5.41, 5.74) is 3.44. The topological polar surface area (TPSA) is 66.5 Å². The van der Waals surface area contributed by atoms with E-state index in [4.69, 9.17) is 0 Å². The number of benzene rings is 3. The molecule has 6 heteroatoms. The molecule has 0 aromatic heterocycles. The summed E-state index contributed by atoms with van der Waals surface area (Å²) in [5, 5.41) is 4.49. The van der Waals surface area contributed by atoms with Crippen molar-refractivity contribution in [1.29, 1.82) is 0 Å². The monoisotopic (exact) mass is 394 g/mol. The zero-order valence-electron chi connectivity index (χ0n) is 15.9. The van der Waals surface area contributed by atoms with Crippen LogP contribution in [0.4, 0.5) is 11.4 Å². The fraction of sp³-hybridized carbons (Fsp3) is 0.227. The molecule has 0 bridgehead atoms. The summed E-state index contributed by atoms with van der Waals surface area (Å²) in [6, 6.07) is 16.6. The van der Waals surface area contributed by atoms with Crippen molar-refractivity contribution in [3.63, 3.8) is 0 Å². The van der Waals surface area contributed by atoms with Crippen LogP contribution in [0.3, 0.4) is 0 Å². The maximum Gasteiger partial charge on any atom is 0.265 e. The Bertz CT molecular complexity index is 1160. The molecular weight excluding hydrogens is 372 g/mol. The van der Waals surface area contributed by atoms with Gasteiger partial charge in [0.2, 0.25) is 5.91 Å². The van der Waals surface area contributed by atoms with Gasteiger partial charge >= 0.3 is 0 Å². The normalized spacial score (nSPS) is 14.4. The summed E-state index contributed by atoms with van der Waals surface area (Å²) in [6.07, 6.45) is 1.58. The maximum atomic E-state index is 13.0. The highest BCUT2D eigenvalue weighted by molar-refractivity contribution is 7.93. The maximum absolute atomic E-state index is 13.0. The SMILES string of the molecule is CCc1cccc(CC)c1NC(=O)CN1c2cccc3cccc(c23)S1(=O)=O. The molecule has 4 rings (SSSR count). The third-order valence-electron chi connectivity index (χ3n) is 5.23. The van der Waals surface area contributed by atoms with Gasteiger partial charge in [0.15, 0.2) is 0 Å². The number of para-hydroxylation sites is 1. The summed E-state index contributed by atoms with van der Waals surface area (Å²) in [5.74, 6) is -0.344. The van der Waals surface area contributed by atoms with Gasteiger partial charge < -0.3 is 5.32 Å². The van der Waals surface area contributed by atoms with E-state index in [0.717, 1.165) is 35.0 Å². The highest BCUT2D eigenvalue weighted by atomic mass is 32.2. The molecule has 5 nitrogen and oxygen atoms in total. The van der Waals surface area contributed by atoms with Crippen molar-refractivity contribution in [2.75, 3.05) is 16.2 Å². The lowest BCUT2D eigenvalue weighted by atomic mass is 10.0. The van der Waals surface area contributed by atoms with Crippen molar-refractivity contribution >= 4 is 38.1 Å². The first-order valence-electron chi connectivity index (χ1n) is 9.42. The van der Waals surface area contributed by atoms with Crippen molar-refractivity contribution in [3.05, 3.63) is 65.7 Å². The minimum atomic E-state index is -3.74. The molecule has 1 heterocycles. The Kier molecular flexibility index (Phi) is 4.59. The Morgan fingerprint density at radius 2 is 1.54 bits per heavy atom. The van der Waals surface area contributed by atoms with Crippen molar-refractivity contribution in [2.24, 2.45) is 0 Å². The highest BCUT2D eigenvalue weighted by Crippen LogP contribution is 2.41. The van der Waals surface area contributed by atoms with Gasteiger partial charge in [-0.1, -0.05) is 56.3 Å². The average Bonchev–Trinajstić information content (AvgIpc) is 2.91. The van der Waals surface area contributed by atoms with E-state index < -0.39 is 10.0 Å². The second-order valence-corrected chi connectivity index (χ2v) is 8.68. The van der Waals surface area contributed by atoms with E-state index in [9.17, 15) is 13.2 Å². The minimum Gasteiger partial charge on any atom is -0.324 e. The van der Waals surface area contributed by atoms with E-state index in [1.165, 1.54) is 4.31 Å². The lowest BCUT2D eigenvalue weighted by Gasteiger charge is -2.20. The first kappa shape index (κ1) is 18.5. The van der Waals surface area contributed by atoms with Crippen LogP contribution in [0.25, 0.3) is 10.8 Å². The predicted molar refractivity (Wildman–Crippen MR) is 112 cm³/mol. The zero-order chi connectivity index (χ0) is 19.9. The van der Waals surface area contributed by atoms with Crippen LogP contribution >= 0.6 is 0 Å². The number of hydrogen-bond donors (Lipinski definition) is 1. The largest absolute Gasteiger partial charge is 0.324 e. The van der Waals surface area contributed by atoms with Gasteiger partial charge in [0, 0.05) is 11.1 Å². The van der Waals surface area contributed by atoms with Gasteiger partial charge in [-0.25, -0.2) is 8.42 Å². The molecule has 28 heavy (non-hydrogen) atoms. The molecule has 1 aliphatic heterocycles. The lowest BCUT2D eigenvalue weighted by molar-refractivity contribution is -0.114. The standard InChI is InChI=1S/C22H22N2O3S/c1-3-15-8-5-9-16(4-2)22(15)23-20(25)14-24-18-12-6-10-17-11-7-13-19(21(17)18)28(24,26)27/h5-13H,3-4,14H2,1-2H3,(H,23,25). The number of carbonyl (C=O) groups excluding carboxylic acids is 1. The number of amides is 1. The summed E-state index contributed by atoms with van der Waals surface area (Å²) < 4.78 is 27.3. The lowest BCUT2D eigenvalue weighted by Crippen LogP contribution is -2.35. The second kappa shape index (κ2) is 6.95. The Balaban J connectivity index is 1.68. The van der Waals surface area contributed by atoms with Crippen LogP contribution in [0.1, 0.15) is 25.0 Å². The fourth-order valence-electron chi connectivity index (χ4n) is 3.84. The van der Waals surface area contributed by atoms with Gasteiger partial charge in [0.1, 0.15) is 6.54 Å². The van der Waals surface area contributed by atoms with Crippen LogP contribution in [0.15, 0.2) is 59.5 Å². The van der Waals surface area contributed by atoms with E-state index in [1.807, 2.05) is 50.2 Å². The Labute approximate surface area is 165 Å². The third kappa shape index (κ3) is 2.85. The van der Waals surface area contributed by atoms with Gasteiger partial charge in [0.05, 0.1) is 10.6 Å². The molecule has 0 radical (unpaired) electrons. The molecule has 3 aromatic rings. The highest BCUT2D eigenvalue weighted by Gasteiger charge is 2.36. The molecule has 0 saturated carbocycles. The smallest absolute Gasteiger partial charge is 0.265 e. The van der Waals surface area contributed by atoms with Gasteiger partial charge in [-0.05, 0) is 41.5 Å². The molecule has 0 unspecified atom stereocenters. The Morgan fingerprint density at radius 3 is 2.18 bits per heavy atom. The van der Waals surface area contributed by atoms with Gasteiger partial charge in [-0.2, -0.15) is 0 Å². The van der Waals surface area contributed by atoms with Crippen LogP contribution in [-0.4, -0.2) is 20.9 Å². The fourth-order valence-corrected chi connectivity index (χ4v) is 5.51. The number of rotatable bonds is 5. The molecule has 0 spiro atoms. The molecule has 0 atom stereocenters. The zero-order valence-corrected chi connectivity index (χ0v) is 16.7. The molecule has 144 valence electrons. The van der Waals surface area contributed by atoms with Gasteiger partial charge in [0.25, 0.3) is 10.0 Å². The molecule has 0 fully saturated rings. The third-order valence-corrected chi connectivity index (χ3v) is 7.03. The Hall–Kier alpha value is -2.86. The van der Waals surface area contributed by atoms with E-state index in [-0.39, 0.29) is 17.3 Å². The van der Waals surface area contributed by atoms with Crippen LogP contribution in [-0.2, 0) is 27.7 Å². The van der Waals surface area contributed by atoms with Crippen molar-refractivity contribution < 1.29 is 13.2 Å². The van der Waals surface area contributed by atoms with Crippen molar-refractivity contribution in [2.45, 2.75) is 31.6 Å². The van der Waals surface area contributed by atoms with Crippen molar-refractivity contribution in [3.8, 4) is 0 Å². The van der Waals surface area contributed by atoms with Gasteiger partial charge in [-0.15, -0.1) is 0 Å². The molecule has 3 aromatic carbocycles. The number of anilines is 2. The van der Waals surface area contributed by atoms with E-state index in [1.54, 1.807) is 18.2 Å². The number of nitrogens with zero attached hydrogens (tertiary/aromatic N) is 1. The summed E-state index contributed by atoms with van der Waals surface area (Å²) >= 11 is 0. The van der Waals surface area contributed by atoms with Crippen LogP contribution in [0.2, 0.25) is 0 Å². The van der Waals surface area contributed by atoms with E-state index in [0.29, 0.717) is 11.1 Å². The molecule has 1 N–H and O–H groups in total. The quantitative estimate of drug-likeness (QED) is 0.708. The van der Waals surface area contributed by atoms with Crippen LogP contribution < -0.4 is 9.62 Å². The summed E-state index contributed by atoms with van der Waals surface area (Å²) in [7, 11) is -3.74. The second-order valence-electron chi connectivity index (χ2n) is 6.85. The number of nitrogens with one attached hydrogen (secondary N) is 1. The Morgan fingerprint density at radius 1 is 0.929 bits per heavy atom. The number of aryl methyl sites for hydroxylation is 2. The van der Waals surface area contributed by atoms with Crippen molar-refractivity contribution in [1.82, 2.24) is 0 Å². The first-order chi connectivity index (χ1) is 13.5. The number of sulfonamides is 1. The predicted octanol–water partition coefficient (Wildman–Crippen LogP) is 4.11. The van der Waals surface area contributed by atoms with Gasteiger partial charge in [-0.3, -0.25) is 9.10 Å². The minimum absolute atomic E-state index is 0.253. The average molecular weight is 394 g/mol. The molecule has 1 amide bonds. The van der Waals surface area contributed by atoms with E-state index >= 15 is 0 Å². The summed E-state index contributed by atoms with van der Waals surface area (Å²) in [6.45, 7) is 3.82. The van der Waals surface area contributed by atoms with Crippen LogP contribution in [0.5, 0.6) is 0 Å². The summed E-state index contributed by atoms with van der Waals surface area (Å²) in [4.78, 5) is 13.1. The first-order valence-corrected chi connectivity index (χ1v) is 10.9. The number of hydrogen-bond acceptors (Lipinski definition) is 3. The molecule has 0 aliphatic carbocycles. The van der Waals surface area contributed by atoms with Crippen LogP contribution in [0, 0.1) is 0 Å². The molecule has 0 saturated heterocycles. The van der Waals surface area contributed by atoms with E-state index in [2.05, 4.69) is 5.32 Å². The molecular formula is C22H22N2O3S.